The van der Waals surface area contributed by atoms with E-state index in [2.05, 4.69) is 15.2 Å². The van der Waals surface area contributed by atoms with Crippen LogP contribution in [-0.2, 0) is 14.9 Å². The maximum Gasteiger partial charge on any atom is 0.193 e. The normalized spacial score (nSPS) is 25.1. The van der Waals surface area contributed by atoms with Gasteiger partial charge in [-0.2, -0.15) is 0 Å². The predicted molar refractivity (Wildman–Crippen MR) is 117 cm³/mol. The van der Waals surface area contributed by atoms with Gasteiger partial charge in [-0.1, -0.05) is 18.6 Å². The lowest BCUT2D eigenvalue weighted by Crippen LogP contribution is -2.52. The van der Waals surface area contributed by atoms with Crippen LogP contribution in [0.15, 0.2) is 29.3 Å². The number of piperidine rings is 1. The van der Waals surface area contributed by atoms with Crippen molar-refractivity contribution in [1.29, 1.82) is 0 Å². The first-order valence-electron chi connectivity index (χ1n) is 11.6. The van der Waals surface area contributed by atoms with E-state index >= 15 is 0 Å². The molecule has 6 heteroatoms. The van der Waals surface area contributed by atoms with Gasteiger partial charge >= 0.3 is 0 Å². The summed E-state index contributed by atoms with van der Waals surface area (Å²) in [6.07, 6.45) is 9.74. The van der Waals surface area contributed by atoms with E-state index in [0.29, 0.717) is 6.10 Å². The van der Waals surface area contributed by atoms with E-state index in [0.717, 1.165) is 70.9 Å². The molecular formula is C24H36FN3O2. The number of benzene rings is 1. The predicted octanol–water partition coefficient (Wildman–Crippen LogP) is 3.87. The van der Waals surface area contributed by atoms with Crippen LogP contribution < -0.4 is 5.32 Å². The average molecular weight is 418 g/mol. The quantitative estimate of drug-likeness (QED) is 0.564. The summed E-state index contributed by atoms with van der Waals surface area (Å²) in [5.74, 6) is 0.801. The molecule has 166 valence electrons. The first-order valence-corrected chi connectivity index (χ1v) is 11.6. The summed E-state index contributed by atoms with van der Waals surface area (Å²) in [6, 6.07) is 7.04. The van der Waals surface area contributed by atoms with Gasteiger partial charge in [-0.3, -0.25) is 4.99 Å². The highest BCUT2D eigenvalue weighted by Crippen LogP contribution is 2.43. The monoisotopic (exact) mass is 417 g/mol. The highest BCUT2D eigenvalue weighted by molar-refractivity contribution is 5.80. The smallest absolute Gasteiger partial charge is 0.193 e. The Balaban J connectivity index is 1.24. The van der Waals surface area contributed by atoms with Crippen molar-refractivity contribution in [2.75, 3.05) is 39.9 Å². The number of likely N-dealkylation sites (tertiary alicyclic amines) is 1. The molecule has 4 rings (SSSR count). The Hall–Kier alpha value is -1.66. The molecule has 5 nitrogen and oxygen atoms in total. The highest BCUT2D eigenvalue weighted by atomic mass is 19.1. The Bertz CT molecular complexity index is 691. The molecule has 2 heterocycles. The summed E-state index contributed by atoms with van der Waals surface area (Å²) in [4.78, 5) is 6.88. The Morgan fingerprint density at radius 1 is 1.17 bits per heavy atom. The number of nitrogens with zero attached hydrogens (tertiary/aromatic N) is 2. The molecule has 1 aliphatic carbocycles. The summed E-state index contributed by atoms with van der Waals surface area (Å²) >= 11 is 0. The fourth-order valence-electron chi connectivity index (χ4n) is 4.97. The molecule has 1 aromatic rings. The molecule has 1 atom stereocenters. The van der Waals surface area contributed by atoms with Crippen molar-refractivity contribution in [3.63, 3.8) is 0 Å². The lowest BCUT2D eigenvalue weighted by molar-refractivity contribution is -0.0721. The van der Waals surface area contributed by atoms with Gasteiger partial charge in [0.05, 0.1) is 18.8 Å². The van der Waals surface area contributed by atoms with Gasteiger partial charge in [-0.25, -0.2) is 4.39 Å². The van der Waals surface area contributed by atoms with E-state index in [9.17, 15) is 4.39 Å². The minimum atomic E-state index is -0.169. The molecule has 0 spiro atoms. The Morgan fingerprint density at radius 2 is 1.93 bits per heavy atom. The molecule has 1 aromatic carbocycles. The van der Waals surface area contributed by atoms with Crippen molar-refractivity contribution < 1.29 is 13.9 Å². The van der Waals surface area contributed by atoms with E-state index in [1.807, 2.05) is 19.2 Å². The van der Waals surface area contributed by atoms with E-state index in [1.54, 1.807) is 12.1 Å². The molecule has 0 amide bonds. The lowest BCUT2D eigenvalue weighted by Gasteiger charge is -2.44. The molecular weight excluding hydrogens is 381 g/mol. The van der Waals surface area contributed by atoms with E-state index in [4.69, 9.17) is 9.47 Å². The minimum Gasteiger partial charge on any atom is -0.376 e. The number of nitrogens with one attached hydrogen (secondary N) is 1. The van der Waals surface area contributed by atoms with Crippen LogP contribution in [0.5, 0.6) is 0 Å². The van der Waals surface area contributed by atoms with E-state index in [-0.39, 0.29) is 17.3 Å². The third-order valence-corrected chi connectivity index (χ3v) is 7.10. The number of rotatable bonds is 6. The number of aliphatic imine (C=N–C) groups is 1. The standard InChI is InChI=1S/C24H36FN3O2/c1-26-23(27-18-24(12-4-13-24)19-6-8-20(25)9-7-19)28-14-10-21(11-15-28)30-17-22-5-2-3-16-29-22/h6-9,21-22H,2-5,10-18H2,1H3,(H,26,27). The fraction of sp³-hybridized carbons (Fsp3) is 0.708. The van der Waals surface area contributed by atoms with Crippen LogP contribution in [0, 0.1) is 5.82 Å². The van der Waals surface area contributed by atoms with E-state index < -0.39 is 0 Å². The van der Waals surface area contributed by atoms with Crippen LogP contribution in [0.2, 0.25) is 0 Å². The van der Waals surface area contributed by atoms with Crippen LogP contribution in [0.1, 0.15) is 56.9 Å². The van der Waals surface area contributed by atoms with E-state index in [1.165, 1.54) is 24.8 Å². The number of ether oxygens (including phenoxy) is 2. The average Bonchev–Trinajstić information content (AvgIpc) is 2.76. The summed E-state index contributed by atoms with van der Waals surface area (Å²) in [5.41, 5.74) is 1.33. The van der Waals surface area contributed by atoms with Crippen molar-refractivity contribution >= 4 is 5.96 Å². The van der Waals surface area contributed by atoms with Gasteiger partial charge in [0.1, 0.15) is 5.82 Å². The number of halogens is 1. The first-order chi connectivity index (χ1) is 14.7. The zero-order chi connectivity index (χ0) is 20.8. The second-order valence-electron chi connectivity index (χ2n) is 9.05. The molecule has 0 bridgehead atoms. The van der Waals surface area contributed by atoms with Gasteiger partial charge in [0.2, 0.25) is 0 Å². The SMILES string of the molecule is CN=C(NCC1(c2ccc(F)cc2)CCC1)N1CCC(OCC2CCCCO2)CC1. The van der Waals surface area contributed by atoms with Crippen molar-refractivity contribution in [3.05, 3.63) is 35.6 Å². The second kappa shape index (κ2) is 10.1. The van der Waals surface area contributed by atoms with Crippen molar-refractivity contribution in [2.24, 2.45) is 4.99 Å². The molecule has 0 aromatic heterocycles. The summed E-state index contributed by atoms with van der Waals surface area (Å²) in [5, 5.41) is 3.61. The second-order valence-corrected chi connectivity index (χ2v) is 9.05. The zero-order valence-corrected chi connectivity index (χ0v) is 18.2. The van der Waals surface area contributed by atoms with Crippen molar-refractivity contribution in [2.45, 2.75) is 69.0 Å². The van der Waals surface area contributed by atoms with Gasteiger partial charge in [0.25, 0.3) is 0 Å². The molecule has 0 radical (unpaired) electrons. The first kappa shape index (κ1) is 21.6. The Kier molecular flexibility index (Phi) is 7.26. The lowest BCUT2D eigenvalue weighted by atomic mass is 9.64. The largest absolute Gasteiger partial charge is 0.376 e. The Morgan fingerprint density at radius 3 is 2.53 bits per heavy atom. The Labute approximate surface area is 180 Å². The molecule has 1 unspecified atom stereocenters. The third-order valence-electron chi connectivity index (χ3n) is 7.10. The molecule has 2 aliphatic heterocycles. The molecule has 1 saturated carbocycles. The van der Waals surface area contributed by atoms with Gasteiger partial charge in [-0.05, 0) is 62.6 Å². The maximum absolute atomic E-state index is 13.3. The van der Waals surface area contributed by atoms with Crippen molar-refractivity contribution in [1.82, 2.24) is 10.2 Å². The summed E-state index contributed by atoms with van der Waals surface area (Å²) < 4.78 is 25.3. The van der Waals surface area contributed by atoms with Crippen LogP contribution in [0.3, 0.4) is 0 Å². The molecule has 1 N–H and O–H groups in total. The fourth-order valence-corrected chi connectivity index (χ4v) is 4.97. The van der Waals surface area contributed by atoms with Gasteiger partial charge in [-0.15, -0.1) is 0 Å². The van der Waals surface area contributed by atoms with Crippen LogP contribution >= 0.6 is 0 Å². The highest BCUT2D eigenvalue weighted by Gasteiger charge is 2.39. The van der Waals surface area contributed by atoms with Crippen LogP contribution in [0.4, 0.5) is 4.39 Å². The molecule has 2 saturated heterocycles. The molecule has 3 aliphatic rings. The molecule has 3 fully saturated rings. The summed E-state index contributed by atoms with van der Waals surface area (Å²) in [7, 11) is 1.86. The zero-order valence-electron chi connectivity index (χ0n) is 18.2. The third kappa shape index (κ3) is 5.14. The summed E-state index contributed by atoms with van der Waals surface area (Å²) in [6.45, 7) is 4.38. The topological polar surface area (TPSA) is 46.1 Å². The van der Waals surface area contributed by atoms with Crippen LogP contribution in [-0.4, -0.2) is 63.0 Å². The number of hydrogen-bond acceptors (Lipinski definition) is 3. The molecule has 30 heavy (non-hydrogen) atoms. The number of hydrogen-bond donors (Lipinski definition) is 1. The van der Waals surface area contributed by atoms with Gasteiger partial charge in [0.15, 0.2) is 5.96 Å². The van der Waals surface area contributed by atoms with Gasteiger partial charge in [0, 0.05) is 38.7 Å². The maximum atomic E-state index is 13.3. The van der Waals surface area contributed by atoms with Gasteiger partial charge < -0.3 is 19.7 Å². The minimum absolute atomic E-state index is 0.102. The van der Waals surface area contributed by atoms with Crippen molar-refractivity contribution in [3.8, 4) is 0 Å². The number of guanidine groups is 1. The van der Waals surface area contributed by atoms with Crippen LogP contribution in [0.25, 0.3) is 0 Å².